The minimum atomic E-state index is -0.249. The fourth-order valence-electron chi connectivity index (χ4n) is 2.30. The molecule has 25 heavy (non-hydrogen) atoms. The van der Waals surface area contributed by atoms with Gasteiger partial charge in [-0.3, -0.25) is 9.59 Å². The van der Waals surface area contributed by atoms with Gasteiger partial charge in [0.15, 0.2) is 0 Å². The van der Waals surface area contributed by atoms with Crippen molar-refractivity contribution in [2.75, 3.05) is 10.6 Å². The van der Waals surface area contributed by atoms with Crippen LogP contribution >= 0.6 is 11.8 Å². The summed E-state index contributed by atoms with van der Waals surface area (Å²) in [5, 5.41) is 5.60. The van der Waals surface area contributed by atoms with Crippen LogP contribution in [0, 0.1) is 6.92 Å². The van der Waals surface area contributed by atoms with Crippen LogP contribution in [0.15, 0.2) is 53.4 Å². The second-order valence-corrected chi connectivity index (χ2v) is 7.30. The lowest BCUT2D eigenvalue weighted by Gasteiger charge is -2.14. The van der Waals surface area contributed by atoms with Gasteiger partial charge in [-0.25, -0.2) is 0 Å². The van der Waals surface area contributed by atoms with E-state index >= 15 is 0 Å². The van der Waals surface area contributed by atoms with Crippen LogP contribution in [0.4, 0.5) is 11.4 Å². The minimum Gasteiger partial charge on any atom is -0.326 e. The molecule has 0 saturated carbocycles. The maximum absolute atomic E-state index is 12.4. The van der Waals surface area contributed by atoms with Crippen molar-refractivity contribution >= 4 is 35.0 Å². The van der Waals surface area contributed by atoms with Crippen LogP contribution in [0.25, 0.3) is 0 Å². The Morgan fingerprint density at radius 3 is 2.56 bits per heavy atom. The second-order valence-electron chi connectivity index (χ2n) is 5.89. The number of para-hydroxylation sites is 1. The molecule has 0 aliphatic carbocycles. The van der Waals surface area contributed by atoms with Crippen molar-refractivity contribution in [3.05, 3.63) is 54.1 Å². The minimum absolute atomic E-state index is 0.00925. The molecular weight excluding hydrogens is 332 g/mol. The van der Waals surface area contributed by atoms with E-state index in [1.165, 1.54) is 11.8 Å². The van der Waals surface area contributed by atoms with Crippen molar-refractivity contribution < 1.29 is 9.59 Å². The Morgan fingerprint density at radius 1 is 1.08 bits per heavy atom. The highest BCUT2D eigenvalue weighted by Crippen LogP contribution is 2.27. The van der Waals surface area contributed by atoms with Crippen LogP contribution in [-0.4, -0.2) is 17.1 Å². The molecule has 0 aliphatic heterocycles. The van der Waals surface area contributed by atoms with Crippen LogP contribution in [0.2, 0.25) is 0 Å². The van der Waals surface area contributed by atoms with Gasteiger partial charge in [0.05, 0.1) is 5.25 Å². The molecule has 2 aromatic rings. The summed E-state index contributed by atoms with van der Waals surface area (Å²) in [6.07, 6.45) is 1.32. The number of anilines is 2. The van der Waals surface area contributed by atoms with E-state index in [1.54, 1.807) is 0 Å². The van der Waals surface area contributed by atoms with Crippen molar-refractivity contribution in [2.45, 2.75) is 43.8 Å². The predicted molar refractivity (Wildman–Crippen MR) is 105 cm³/mol. The van der Waals surface area contributed by atoms with Gasteiger partial charge in [0.25, 0.3) is 0 Å². The Balaban J connectivity index is 1.97. The molecule has 0 spiro atoms. The molecule has 2 rings (SSSR count). The Hall–Kier alpha value is -2.27. The first-order chi connectivity index (χ1) is 12.0. The summed E-state index contributed by atoms with van der Waals surface area (Å²) < 4.78 is 0. The predicted octanol–water partition coefficient (Wildman–Crippen LogP) is 4.85. The smallest absolute Gasteiger partial charge is 0.237 e. The van der Waals surface area contributed by atoms with E-state index in [2.05, 4.69) is 10.6 Å². The highest BCUT2D eigenvalue weighted by molar-refractivity contribution is 8.00. The van der Waals surface area contributed by atoms with E-state index in [1.807, 2.05) is 69.3 Å². The topological polar surface area (TPSA) is 58.2 Å². The van der Waals surface area contributed by atoms with Gasteiger partial charge in [-0.05, 0) is 50.1 Å². The summed E-state index contributed by atoms with van der Waals surface area (Å²) in [6, 6.07) is 15.3. The van der Waals surface area contributed by atoms with E-state index in [0.717, 1.165) is 28.3 Å². The summed E-state index contributed by atoms with van der Waals surface area (Å²) in [5.74, 6) is -0.0327. The molecule has 2 N–H and O–H groups in total. The first-order valence-electron chi connectivity index (χ1n) is 8.42. The first-order valence-corrected chi connectivity index (χ1v) is 9.30. The molecule has 4 nitrogen and oxygen atoms in total. The second kappa shape index (κ2) is 9.28. The number of carbonyl (C=O) groups is 2. The van der Waals surface area contributed by atoms with Crippen molar-refractivity contribution in [1.29, 1.82) is 0 Å². The number of carbonyl (C=O) groups excluding carboxylic acids is 2. The third-order valence-corrected chi connectivity index (χ3v) is 4.77. The summed E-state index contributed by atoms with van der Waals surface area (Å²) in [7, 11) is 0. The molecule has 2 amide bonds. The Kier molecular flexibility index (Phi) is 7.07. The normalized spacial score (nSPS) is 11.6. The van der Waals surface area contributed by atoms with Crippen LogP contribution in [-0.2, 0) is 9.59 Å². The monoisotopic (exact) mass is 356 g/mol. The maximum atomic E-state index is 12.4. The lowest BCUT2D eigenvalue weighted by molar-refractivity contribution is -0.116. The number of nitrogens with one attached hydrogen (secondary N) is 2. The number of hydrogen-bond acceptors (Lipinski definition) is 3. The van der Waals surface area contributed by atoms with Gasteiger partial charge < -0.3 is 10.6 Å². The third kappa shape index (κ3) is 5.94. The van der Waals surface area contributed by atoms with E-state index < -0.39 is 0 Å². The Morgan fingerprint density at radius 2 is 1.84 bits per heavy atom. The molecule has 0 radical (unpaired) electrons. The molecule has 0 heterocycles. The molecular formula is C20H24N2O2S. The standard InChI is InChI=1S/C20H24N2O2S/c1-4-8-19(23)21-16-10-7-11-17(13-16)25-15(3)20(24)22-18-12-6-5-9-14(18)2/h5-7,9-13,15H,4,8H2,1-3H3,(H,21,23)(H,22,24). The summed E-state index contributed by atoms with van der Waals surface area (Å²) in [6.45, 7) is 5.82. The fourth-order valence-corrected chi connectivity index (χ4v) is 3.23. The lowest BCUT2D eigenvalue weighted by atomic mass is 10.2. The van der Waals surface area contributed by atoms with Crippen molar-refractivity contribution in [2.24, 2.45) is 0 Å². The summed E-state index contributed by atoms with van der Waals surface area (Å²) in [5.41, 5.74) is 2.63. The zero-order valence-electron chi connectivity index (χ0n) is 14.8. The molecule has 1 atom stereocenters. The molecule has 0 aromatic heterocycles. The van der Waals surface area contributed by atoms with E-state index in [0.29, 0.717) is 6.42 Å². The van der Waals surface area contributed by atoms with Gasteiger partial charge in [0, 0.05) is 22.7 Å². The molecule has 0 bridgehead atoms. The van der Waals surface area contributed by atoms with Crippen LogP contribution < -0.4 is 10.6 Å². The number of rotatable bonds is 7. The quantitative estimate of drug-likeness (QED) is 0.697. The summed E-state index contributed by atoms with van der Waals surface area (Å²) in [4.78, 5) is 25.1. The van der Waals surface area contributed by atoms with Crippen molar-refractivity contribution in [3.8, 4) is 0 Å². The van der Waals surface area contributed by atoms with Gasteiger partial charge in [-0.15, -0.1) is 11.8 Å². The highest BCUT2D eigenvalue weighted by Gasteiger charge is 2.15. The molecule has 0 saturated heterocycles. The number of benzene rings is 2. The zero-order chi connectivity index (χ0) is 18.2. The van der Waals surface area contributed by atoms with Gasteiger partial charge in [-0.1, -0.05) is 31.2 Å². The number of amides is 2. The molecule has 2 aromatic carbocycles. The third-order valence-electron chi connectivity index (χ3n) is 3.68. The van der Waals surface area contributed by atoms with Gasteiger partial charge in [0.2, 0.25) is 11.8 Å². The number of thioether (sulfide) groups is 1. The van der Waals surface area contributed by atoms with E-state index in [4.69, 9.17) is 0 Å². The van der Waals surface area contributed by atoms with Crippen LogP contribution in [0.1, 0.15) is 32.3 Å². The van der Waals surface area contributed by atoms with Crippen molar-refractivity contribution in [3.63, 3.8) is 0 Å². The Labute approximate surface area is 153 Å². The van der Waals surface area contributed by atoms with Gasteiger partial charge >= 0.3 is 0 Å². The molecule has 0 fully saturated rings. The number of hydrogen-bond donors (Lipinski definition) is 2. The largest absolute Gasteiger partial charge is 0.326 e. The molecule has 0 aliphatic rings. The average Bonchev–Trinajstić information content (AvgIpc) is 2.57. The zero-order valence-corrected chi connectivity index (χ0v) is 15.7. The van der Waals surface area contributed by atoms with Crippen molar-refractivity contribution in [1.82, 2.24) is 0 Å². The SMILES string of the molecule is CCCC(=O)Nc1cccc(SC(C)C(=O)Nc2ccccc2C)c1. The van der Waals surface area contributed by atoms with Crippen LogP contribution in [0.5, 0.6) is 0 Å². The van der Waals surface area contributed by atoms with E-state index in [9.17, 15) is 9.59 Å². The first kappa shape index (κ1) is 19.1. The van der Waals surface area contributed by atoms with Gasteiger partial charge in [0.1, 0.15) is 0 Å². The lowest BCUT2D eigenvalue weighted by Crippen LogP contribution is -2.22. The summed E-state index contributed by atoms with van der Waals surface area (Å²) >= 11 is 1.47. The fraction of sp³-hybridized carbons (Fsp3) is 0.300. The maximum Gasteiger partial charge on any atom is 0.237 e. The molecule has 5 heteroatoms. The van der Waals surface area contributed by atoms with Crippen LogP contribution in [0.3, 0.4) is 0 Å². The molecule has 132 valence electrons. The Bertz CT molecular complexity index is 746. The van der Waals surface area contributed by atoms with Gasteiger partial charge in [-0.2, -0.15) is 0 Å². The highest BCUT2D eigenvalue weighted by atomic mass is 32.2. The average molecular weight is 356 g/mol. The van der Waals surface area contributed by atoms with E-state index in [-0.39, 0.29) is 17.1 Å². The number of aryl methyl sites for hydroxylation is 1. The molecule has 1 unspecified atom stereocenters.